The molecule has 20 heavy (non-hydrogen) atoms. The van der Waals surface area contributed by atoms with E-state index < -0.39 is 0 Å². The van der Waals surface area contributed by atoms with Crippen LogP contribution in [0.4, 0.5) is 0 Å². The topological polar surface area (TPSA) is 38.8 Å². The molecule has 0 saturated carbocycles. The first-order valence-electron chi connectivity index (χ1n) is 7.31. The van der Waals surface area contributed by atoms with Crippen LogP contribution in [-0.2, 0) is 9.53 Å². The molecule has 1 aromatic carbocycles. The van der Waals surface area contributed by atoms with Crippen LogP contribution in [0.5, 0.6) is 5.75 Å². The van der Waals surface area contributed by atoms with Gasteiger partial charge in [0.15, 0.2) is 0 Å². The normalized spacial score (nSPS) is 17.5. The Hall–Kier alpha value is -1.55. The zero-order valence-corrected chi connectivity index (χ0v) is 12.3. The third kappa shape index (κ3) is 3.51. The second kappa shape index (κ2) is 7.29. The van der Waals surface area contributed by atoms with Crippen molar-refractivity contribution in [2.45, 2.75) is 32.2 Å². The zero-order chi connectivity index (χ0) is 14.4. The lowest BCUT2D eigenvalue weighted by molar-refractivity contribution is -0.150. The number of esters is 1. The lowest BCUT2D eigenvalue weighted by Crippen LogP contribution is -2.38. The molecule has 2 rings (SSSR count). The number of hydrogen-bond donors (Lipinski definition) is 0. The molecule has 1 fully saturated rings. The minimum atomic E-state index is -0.291. The van der Waals surface area contributed by atoms with Crippen molar-refractivity contribution >= 4 is 5.97 Å². The van der Waals surface area contributed by atoms with Crippen LogP contribution in [0.2, 0.25) is 0 Å². The van der Waals surface area contributed by atoms with Crippen LogP contribution in [0.15, 0.2) is 24.3 Å². The average Bonchev–Trinajstić information content (AvgIpc) is 2.50. The molecule has 0 bridgehead atoms. The summed E-state index contributed by atoms with van der Waals surface area (Å²) in [6.45, 7) is 4.17. The van der Waals surface area contributed by atoms with Crippen molar-refractivity contribution in [3.8, 4) is 5.75 Å². The van der Waals surface area contributed by atoms with Gasteiger partial charge in [-0.05, 0) is 50.6 Å². The van der Waals surface area contributed by atoms with E-state index in [9.17, 15) is 4.79 Å². The summed E-state index contributed by atoms with van der Waals surface area (Å²) in [5, 5.41) is 0. The third-order valence-electron chi connectivity index (χ3n) is 3.70. The fourth-order valence-corrected chi connectivity index (χ4v) is 2.68. The second-order valence-electron chi connectivity index (χ2n) is 5.02. The summed E-state index contributed by atoms with van der Waals surface area (Å²) in [6.07, 6.45) is 3.53. The molecule has 4 nitrogen and oxygen atoms in total. The van der Waals surface area contributed by atoms with Crippen molar-refractivity contribution in [1.29, 1.82) is 0 Å². The van der Waals surface area contributed by atoms with Crippen molar-refractivity contribution in [3.05, 3.63) is 29.8 Å². The van der Waals surface area contributed by atoms with E-state index in [-0.39, 0.29) is 12.0 Å². The van der Waals surface area contributed by atoms with Crippen molar-refractivity contribution in [2.24, 2.45) is 0 Å². The molecular formula is C16H23NO3. The van der Waals surface area contributed by atoms with Gasteiger partial charge in [0.2, 0.25) is 0 Å². The highest BCUT2D eigenvalue weighted by molar-refractivity contribution is 5.77. The van der Waals surface area contributed by atoms with Gasteiger partial charge in [0, 0.05) is 0 Å². The highest BCUT2D eigenvalue weighted by Gasteiger charge is 2.29. The average molecular weight is 277 g/mol. The Balaban J connectivity index is 2.21. The fourth-order valence-electron chi connectivity index (χ4n) is 2.68. The van der Waals surface area contributed by atoms with E-state index in [1.807, 2.05) is 31.2 Å². The summed E-state index contributed by atoms with van der Waals surface area (Å²) in [5.74, 6) is 0.648. The molecule has 1 saturated heterocycles. The Labute approximate surface area is 120 Å². The predicted molar refractivity (Wildman–Crippen MR) is 77.8 cm³/mol. The first-order chi connectivity index (χ1) is 9.76. The lowest BCUT2D eigenvalue weighted by Gasteiger charge is -2.33. The largest absolute Gasteiger partial charge is 0.497 e. The Kier molecular flexibility index (Phi) is 5.41. The molecule has 0 amide bonds. The van der Waals surface area contributed by atoms with Gasteiger partial charge in [-0.25, -0.2) is 4.79 Å². The molecule has 4 heteroatoms. The van der Waals surface area contributed by atoms with Crippen LogP contribution in [0.1, 0.15) is 37.8 Å². The molecule has 1 aromatic rings. The molecule has 1 unspecified atom stereocenters. The highest BCUT2D eigenvalue weighted by Crippen LogP contribution is 2.27. The van der Waals surface area contributed by atoms with E-state index in [0.29, 0.717) is 6.61 Å². The molecular weight excluding hydrogens is 254 g/mol. The molecule has 0 radical (unpaired) electrons. The summed E-state index contributed by atoms with van der Waals surface area (Å²) in [4.78, 5) is 14.5. The maximum atomic E-state index is 12.3. The van der Waals surface area contributed by atoms with E-state index in [0.717, 1.165) is 37.2 Å². The van der Waals surface area contributed by atoms with Gasteiger partial charge in [-0.15, -0.1) is 0 Å². The molecule has 0 aliphatic carbocycles. The van der Waals surface area contributed by atoms with Gasteiger partial charge >= 0.3 is 5.97 Å². The maximum absolute atomic E-state index is 12.3. The van der Waals surface area contributed by atoms with Crippen LogP contribution in [-0.4, -0.2) is 37.7 Å². The third-order valence-corrected chi connectivity index (χ3v) is 3.70. The van der Waals surface area contributed by atoms with Crippen LogP contribution in [0.25, 0.3) is 0 Å². The molecule has 0 spiro atoms. The number of rotatable bonds is 5. The minimum Gasteiger partial charge on any atom is -0.497 e. The van der Waals surface area contributed by atoms with Crippen molar-refractivity contribution in [3.63, 3.8) is 0 Å². The fraction of sp³-hybridized carbons (Fsp3) is 0.562. The first-order valence-corrected chi connectivity index (χ1v) is 7.31. The molecule has 1 aliphatic rings. The molecule has 1 heterocycles. The quantitative estimate of drug-likeness (QED) is 0.776. The lowest BCUT2D eigenvalue weighted by atomic mass is 10.0. The van der Waals surface area contributed by atoms with E-state index in [1.54, 1.807) is 7.11 Å². The van der Waals surface area contributed by atoms with Crippen LogP contribution in [0.3, 0.4) is 0 Å². The number of carbonyl (C=O) groups excluding carboxylic acids is 1. The van der Waals surface area contributed by atoms with Gasteiger partial charge < -0.3 is 9.47 Å². The number of nitrogens with zero attached hydrogens (tertiary/aromatic N) is 1. The van der Waals surface area contributed by atoms with Gasteiger partial charge in [-0.2, -0.15) is 0 Å². The summed E-state index contributed by atoms with van der Waals surface area (Å²) in [5.41, 5.74) is 0.978. The highest BCUT2D eigenvalue weighted by atomic mass is 16.5. The Morgan fingerprint density at radius 3 is 2.40 bits per heavy atom. The number of likely N-dealkylation sites (tertiary alicyclic amines) is 1. The number of benzene rings is 1. The second-order valence-corrected chi connectivity index (χ2v) is 5.02. The van der Waals surface area contributed by atoms with Crippen molar-refractivity contribution < 1.29 is 14.3 Å². The molecule has 0 aromatic heterocycles. The van der Waals surface area contributed by atoms with Crippen LogP contribution < -0.4 is 4.74 Å². The van der Waals surface area contributed by atoms with Crippen molar-refractivity contribution in [1.82, 2.24) is 4.90 Å². The Morgan fingerprint density at radius 2 is 1.85 bits per heavy atom. The summed E-state index contributed by atoms with van der Waals surface area (Å²) >= 11 is 0. The van der Waals surface area contributed by atoms with Crippen LogP contribution >= 0.6 is 0 Å². The van der Waals surface area contributed by atoms with Crippen molar-refractivity contribution in [2.75, 3.05) is 26.8 Å². The van der Waals surface area contributed by atoms with E-state index in [2.05, 4.69) is 4.90 Å². The predicted octanol–water partition coefficient (Wildman–Crippen LogP) is 2.79. The molecule has 1 aliphatic heterocycles. The Morgan fingerprint density at radius 1 is 1.20 bits per heavy atom. The van der Waals surface area contributed by atoms with E-state index in [1.165, 1.54) is 6.42 Å². The zero-order valence-electron chi connectivity index (χ0n) is 12.3. The minimum absolute atomic E-state index is 0.153. The SMILES string of the molecule is CCOC(=O)C(c1ccc(OC)cc1)N1CCCCC1. The maximum Gasteiger partial charge on any atom is 0.327 e. The van der Waals surface area contributed by atoms with Gasteiger partial charge in [-0.3, -0.25) is 4.90 Å². The standard InChI is InChI=1S/C16H23NO3/c1-3-20-16(18)15(17-11-5-4-6-12-17)13-7-9-14(19-2)10-8-13/h7-10,15H,3-6,11-12H2,1-2H3. The molecule has 1 atom stereocenters. The summed E-state index contributed by atoms with van der Waals surface area (Å²) < 4.78 is 10.4. The molecule has 0 N–H and O–H groups in total. The number of carbonyl (C=O) groups is 1. The molecule has 110 valence electrons. The van der Waals surface area contributed by atoms with E-state index in [4.69, 9.17) is 9.47 Å². The van der Waals surface area contributed by atoms with E-state index >= 15 is 0 Å². The van der Waals surface area contributed by atoms with Gasteiger partial charge in [0.05, 0.1) is 13.7 Å². The number of piperidine rings is 1. The summed E-state index contributed by atoms with van der Waals surface area (Å²) in [7, 11) is 1.64. The number of ether oxygens (including phenoxy) is 2. The van der Waals surface area contributed by atoms with Gasteiger partial charge in [-0.1, -0.05) is 18.6 Å². The monoisotopic (exact) mass is 277 g/mol. The number of hydrogen-bond acceptors (Lipinski definition) is 4. The van der Waals surface area contributed by atoms with Crippen LogP contribution in [0, 0.1) is 0 Å². The number of methoxy groups -OCH3 is 1. The first kappa shape index (κ1) is 14.9. The summed E-state index contributed by atoms with van der Waals surface area (Å²) in [6, 6.07) is 7.40. The van der Waals surface area contributed by atoms with Gasteiger partial charge in [0.25, 0.3) is 0 Å². The smallest absolute Gasteiger partial charge is 0.327 e. The van der Waals surface area contributed by atoms with Gasteiger partial charge in [0.1, 0.15) is 11.8 Å². The Bertz CT molecular complexity index is 424.